The van der Waals surface area contributed by atoms with Crippen LogP contribution in [0.15, 0.2) is 37.1 Å². The Kier molecular flexibility index (Phi) is 5.69. The van der Waals surface area contributed by atoms with E-state index in [4.69, 9.17) is 0 Å². The zero-order valence-electron chi connectivity index (χ0n) is 16.2. The fourth-order valence-corrected chi connectivity index (χ4v) is 4.19. The number of hydrogen-bond acceptors (Lipinski definition) is 4. The van der Waals surface area contributed by atoms with Gasteiger partial charge in [-0.1, -0.05) is 25.7 Å². The predicted octanol–water partition coefficient (Wildman–Crippen LogP) is 2.52. The first-order valence-corrected chi connectivity index (χ1v) is 10.2. The summed E-state index contributed by atoms with van der Waals surface area (Å²) in [5, 5.41) is 0. The Labute approximate surface area is 165 Å². The molecule has 2 fully saturated rings. The Balaban J connectivity index is 1.27. The molecule has 1 saturated carbocycles. The summed E-state index contributed by atoms with van der Waals surface area (Å²) in [6.45, 7) is 2.40. The molecule has 0 bridgehead atoms. The molecular weight excluding hydrogens is 354 g/mol. The Hall–Kier alpha value is -2.70. The topological polar surface area (TPSA) is 71.3 Å². The van der Waals surface area contributed by atoms with Crippen molar-refractivity contribution >= 4 is 11.8 Å². The van der Waals surface area contributed by atoms with E-state index in [0.29, 0.717) is 38.2 Å². The van der Waals surface area contributed by atoms with Crippen molar-refractivity contribution in [3.8, 4) is 5.82 Å². The first-order chi connectivity index (χ1) is 13.7. The number of aromatic nitrogens is 3. The van der Waals surface area contributed by atoms with Crippen molar-refractivity contribution in [2.24, 2.45) is 5.92 Å². The number of pyridine rings is 1. The van der Waals surface area contributed by atoms with Crippen LogP contribution < -0.4 is 0 Å². The second kappa shape index (κ2) is 8.54. The maximum absolute atomic E-state index is 12.7. The van der Waals surface area contributed by atoms with Gasteiger partial charge in [-0.3, -0.25) is 14.2 Å². The number of nitrogens with zero attached hydrogens (tertiary/aromatic N) is 5. The molecule has 4 rings (SSSR count). The van der Waals surface area contributed by atoms with Crippen LogP contribution in [0.4, 0.5) is 0 Å². The highest BCUT2D eigenvalue weighted by atomic mass is 16.2. The molecule has 1 aliphatic carbocycles. The van der Waals surface area contributed by atoms with Crippen LogP contribution in [0.2, 0.25) is 0 Å². The smallest absolute Gasteiger partial charge is 0.255 e. The van der Waals surface area contributed by atoms with E-state index in [1.165, 1.54) is 25.7 Å². The van der Waals surface area contributed by atoms with Crippen LogP contribution in [-0.4, -0.2) is 62.3 Å². The summed E-state index contributed by atoms with van der Waals surface area (Å²) in [6.07, 6.45) is 13.7. The van der Waals surface area contributed by atoms with Gasteiger partial charge in [-0.2, -0.15) is 0 Å². The molecule has 0 unspecified atom stereocenters. The number of carbonyl (C=O) groups is 2. The van der Waals surface area contributed by atoms with E-state index in [2.05, 4.69) is 9.97 Å². The standard InChI is InChI=1S/C21H27N5O2/c27-20(8-5-17-3-1-2-4-17)24-11-13-25(14-12-24)21(28)18-6-7-19(23-15-18)26-10-9-22-16-26/h6-7,9-10,15-17H,1-5,8,11-14H2. The molecule has 28 heavy (non-hydrogen) atoms. The van der Waals surface area contributed by atoms with Crippen molar-refractivity contribution < 1.29 is 9.59 Å². The molecule has 0 atom stereocenters. The third kappa shape index (κ3) is 4.24. The van der Waals surface area contributed by atoms with Gasteiger partial charge < -0.3 is 9.80 Å². The van der Waals surface area contributed by atoms with Crippen molar-refractivity contribution in [1.82, 2.24) is 24.3 Å². The Bertz CT molecular complexity index is 789. The average Bonchev–Trinajstić information content (AvgIpc) is 3.46. The lowest BCUT2D eigenvalue weighted by molar-refractivity contribution is -0.133. The Morgan fingerprint density at radius 3 is 2.43 bits per heavy atom. The zero-order valence-corrected chi connectivity index (χ0v) is 16.2. The van der Waals surface area contributed by atoms with Gasteiger partial charge in [0.1, 0.15) is 12.1 Å². The molecule has 7 nitrogen and oxygen atoms in total. The van der Waals surface area contributed by atoms with Crippen LogP contribution in [0.3, 0.4) is 0 Å². The lowest BCUT2D eigenvalue weighted by Crippen LogP contribution is -2.50. The fourth-order valence-electron chi connectivity index (χ4n) is 4.19. The summed E-state index contributed by atoms with van der Waals surface area (Å²) in [7, 11) is 0. The molecule has 2 aromatic heterocycles. The quantitative estimate of drug-likeness (QED) is 0.798. The fraction of sp³-hybridized carbons (Fsp3) is 0.524. The normalized spacial score (nSPS) is 17.9. The van der Waals surface area contributed by atoms with Gasteiger partial charge in [-0.25, -0.2) is 9.97 Å². The second-order valence-electron chi connectivity index (χ2n) is 7.74. The third-order valence-corrected chi connectivity index (χ3v) is 5.92. The molecule has 3 heterocycles. The van der Waals surface area contributed by atoms with Gasteiger partial charge in [0.25, 0.3) is 5.91 Å². The van der Waals surface area contributed by atoms with Crippen LogP contribution in [0, 0.1) is 5.92 Å². The largest absolute Gasteiger partial charge is 0.339 e. The van der Waals surface area contributed by atoms with E-state index in [1.807, 2.05) is 22.1 Å². The minimum atomic E-state index is -0.0252. The average molecular weight is 381 g/mol. The summed E-state index contributed by atoms with van der Waals surface area (Å²) in [6, 6.07) is 3.61. The van der Waals surface area contributed by atoms with Crippen LogP contribution in [0.1, 0.15) is 48.9 Å². The molecule has 2 amide bonds. The number of piperazine rings is 1. The molecule has 2 aromatic rings. The van der Waals surface area contributed by atoms with Crippen LogP contribution in [0.5, 0.6) is 0 Å². The Morgan fingerprint density at radius 2 is 1.79 bits per heavy atom. The van der Waals surface area contributed by atoms with Crippen molar-refractivity contribution in [3.63, 3.8) is 0 Å². The summed E-state index contributed by atoms with van der Waals surface area (Å²) in [4.78, 5) is 37.3. The highest BCUT2D eigenvalue weighted by molar-refractivity contribution is 5.94. The summed E-state index contributed by atoms with van der Waals surface area (Å²) < 4.78 is 1.80. The van der Waals surface area contributed by atoms with Crippen molar-refractivity contribution in [1.29, 1.82) is 0 Å². The first-order valence-electron chi connectivity index (χ1n) is 10.2. The molecule has 1 aliphatic heterocycles. The number of amides is 2. The predicted molar refractivity (Wildman–Crippen MR) is 105 cm³/mol. The molecule has 0 aromatic carbocycles. The van der Waals surface area contributed by atoms with Gasteiger partial charge in [-0.15, -0.1) is 0 Å². The summed E-state index contributed by atoms with van der Waals surface area (Å²) in [5.41, 5.74) is 0.574. The highest BCUT2D eigenvalue weighted by Gasteiger charge is 2.25. The van der Waals surface area contributed by atoms with Gasteiger partial charge in [-0.05, 0) is 24.5 Å². The van der Waals surface area contributed by atoms with E-state index < -0.39 is 0 Å². The van der Waals surface area contributed by atoms with Crippen molar-refractivity contribution in [2.45, 2.75) is 38.5 Å². The first kappa shape index (κ1) is 18.7. The molecular formula is C21H27N5O2. The number of carbonyl (C=O) groups excluding carboxylic acids is 2. The molecule has 0 N–H and O–H groups in total. The number of imidazole rings is 1. The SMILES string of the molecule is O=C(CCC1CCCC1)N1CCN(C(=O)c2ccc(-n3ccnc3)nc2)CC1. The van der Waals surface area contributed by atoms with Crippen LogP contribution in [0.25, 0.3) is 5.82 Å². The lowest BCUT2D eigenvalue weighted by atomic mass is 10.0. The number of rotatable bonds is 5. The molecule has 0 spiro atoms. The highest BCUT2D eigenvalue weighted by Crippen LogP contribution is 2.28. The molecule has 2 aliphatic rings. The molecule has 1 saturated heterocycles. The second-order valence-corrected chi connectivity index (χ2v) is 7.74. The summed E-state index contributed by atoms with van der Waals surface area (Å²) in [5.74, 6) is 1.68. The van der Waals surface area contributed by atoms with E-state index in [9.17, 15) is 9.59 Å². The Morgan fingerprint density at radius 1 is 1.04 bits per heavy atom. The molecule has 0 radical (unpaired) electrons. The monoisotopic (exact) mass is 381 g/mol. The minimum Gasteiger partial charge on any atom is -0.339 e. The van der Waals surface area contributed by atoms with Gasteiger partial charge >= 0.3 is 0 Å². The van der Waals surface area contributed by atoms with E-state index in [1.54, 1.807) is 29.4 Å². The van der Waals surface area contributed by atoms with Crippen LogP contribution >= 0.6 is 0 Å². The third-order valence-electron chi connectivity index (χ3n) is 5.92. The maximum Gasteiger partial charge on any atom is 0.255 e. The van der Waals surface area contributed by atoms with E-state index in [-0.39, 0.29) is 11.8 Å². The molecule has 7 heteroatoms. The number of hydrogen-bond donors (Lipinski definition) is 0. The minimum absolute atomic E-state index is 0.0252. The summed E-state index contributed by atoms with van der Waals surface area (Å²) >= 11 is 0. The lowest BCUT2D eigenvalue weighted by Gasteiger charge is -2.35. The molecule has 148 valence electrons. The van der Waals surface area contributed by atoms with Gasteiger partial charge in [0, 0.05) is 51.2 Å². The zero-order chi connectivity index (χ0) is 19.3. The van der Waals surface area contributed by atoms with Crippen LogP contribution in [-0.2, 0) is 4.79 Å². The van der Waals surface area contributed by atoms with E-state index in [0.717, 1.165) is 18.2 Å². The van der Waals surface area contributed by atoms with Crippen molar-refractivity contribution in [3.05, 3.63) is 42.6 Å². The van der Waals surface area contributed by atoms with Gasteiger partial charge in [0.2, 0.25) is 5.91 Å². The van der Waals surface area contributed by atoms with Gasteiger partial charge in [0.15, 0.2) is 0 Å². The van der Waals surface area contributed by atoms with Crippen molar-refractivity contribution in [2.75, 3.05) is 26.2 Å². The maximum atomic E-state index is 12.7. The van der Waals surface area contributed by atoms with E-state index >= 15 is 0 Å². The van der Waals surface area contributed by atoms with Gasteiger partial charge in [0.05, 0.1) is 5.56 Å².